The molecule has 1 N–H and O–H groups in total. The molecule has 0 spiro atoms. The predicted molar refractivity (Wildman–Crippen MR) is 76.0 cm³/mol. The molecule has 0 aromatic heterocycles. The number of nitrogens with zero attached hydrogens (tertiary/aromatic N) is 2. The van der Waals surface area contributed by atoms with E-state index in [2.05, 4.69) is 23.9 Å². The normalized spacial score (nSPS) is 18.9. The highest BCUT2D eigenvalue weighted by Crippen LogP contribution is 2.30. The van der Waals surface area contributed by atoms with E-state index in [1.165, 1.54) is 12.1 Å². The maximum Gasteiger partial charge on any atom is 0.123 e. The first-order valence-electron chi connectivity index (χ1n) is 6.88. The third kappa shape index (κ3) is 3.25. The molecular formula is C15H23FN2O. The Bertz CT molecular complexity index is 426. The van der Waals surface area contributed by atoms with Gasteiger partial charge in [0.2, 0.25) is 0 Å². The van der Waals surface area contributed by atoms with Gasteiger partial charge >= 0.3 is 0 Å². The number of anilines is 1. The van der Waals surface area contributed by atoms with E-state index in [0.29, 0.717) is 11.6 Å². The van der Waals surface area contributed by atoms with Gasteiger partial charge in [-0.3, -0.25) is 0 Å². The van der Waals surface area contributed by atoms with Gasteiger partial charge in [0, 0.05) is 30.4 Å². The molecule has 0 amide bonds. The fraction of sp³-hybridized carbons (Fsp3) is 0.600. The molecular weight excluding hydrogens is 243 g/mol. The Balaban J connectivity index is 2.15. The topological polar surface area (TPSA) is 26.7 Å². The van der Waals surface area contributed by atoms with Crippen LogP contribution in [0.5, 0.6) is 0 Å². The second-order valence-electron chi connectivity index (χ2n) is 5.56. The quantitative estimate of drug-likeness (QED) is 0.910. The minimum atomic E-state index is -0.641. The summed E-state index contributed by atoms with van der Waals surface area (Å²) in [5.41, 5.74) is 1.65. The monoisotopic (exact) mass is 266 g/mol. The van der Waals surface area contributed by atoms with Gasteiger partial charge in [-0.05, 0) is 52.1 Å². The second kappa shape index (κ2) is 5.88. The van der Waals surface area contributed by atoms with Gasteiger partial charge in [0.15, 0.2) is 0 Å². The minimum absolute atomic E-state index is 0.289. The van der Waals surface area contributed by atoms with Gasteiger partial charge in [0.1, 0.15) is 5.82 Å². The largest absolute Gasteiger partial charge is 0.389 e. The molecule has 106 valence electrons. The SMILES string of the molecule is C[C@H](O)c1cc(F)ccc1N1CCC(N(C)C)CC1. The molecule has 4 heteroatoms. The molecule has 0 bridgehead atoms. The first-order valence-corrected chi connectivity index (χ1v) is 6.88. The first-order chi connectivity index (χ1) is 8.99. The van der Waals surface area contributed by atoms with Crippen LogP contribution < -0.4 is 4.90 Å². The minimum Gasteiger partial charge on any atom is -0.389 e. The Hall–Kier alpha value is -1.13. The van der Waals surface area contributed by atoms with E-state index in [1.54, 1.807) is 13.0 Å². The van der Waals surface area contributed by atoms with E-state index in [0.717, 1.165) is 31.6 Å². The number of benzene rings is 1. The molecule has 1 aliphatic rings. The van der Waals surface area contributed by atoms with Crippen molar-refractivity contribution in [3.8, 4) is 0 Å². The molecule has 1 aliphatic heterocycles. The maximum absolute atomic E-state index is 13.3. The summed E-state index contributed by atoms with van der Waals surface area (Å²) in [5, 5.41) is 9.80. The first kappa shape index (κ1) is 14.3. The number of halogens is 1. The van der Waals surface area contributed by atoms with Crippen molar-refractivity contribution in [3.05, 3.63) is 29.6 Å². The summed E-state index contributed by atoms with van der Waals surface area (Å²) in [4.78, 5) is 4.51. The van der Waals surface area contributed by atoms with Crippen molar-refractivity contribution in [2.24, 2.45) is 0 Å². The predicted octanol–water partition coefficient (Wildman–Crippen LogP) is 2.41. The molecule has 3 nitrogen and oxygen atoms in total. The van der Waals surface area contributed by atoms with Crippen molar-refractivity contribution in [2.45, 2.75) is 31.9 Å². The average Bonchev–Trinajstić information content (AvgIpc) is 2.38. The smallest absolute Gasteiger partial charge is 0.123 e. The van der Waals surface area contributed by atoms with E-state index in [-0.39, 0.29) is 5.82 Å². The Morgan fingerprint density at radius 3 is 2.47 bits per heavy atom. The number of aliphatic hydroxyl groups is 1. The average molecular weight is 266 g/mol. The Labute approximate surface area is 114 Å². The molecule has 0 radical (unpaired) electrons. The summed E-state index contributed by atoms with van der Waals surface area (Å²) in [6.07, 6.45) is 1.56. The maximum atomic E-state index is 13.3. The molecule has 1 atom stereocenters. The van der Waals surface area contributed by atoms with E-state index in [1.807, 2.05) is 0 Å². The van der Waals surface area contributed by atoms with E-state index >= 15 is 0 Å². The lowest BCUT2D eigenvalue weighted by Crippen LogP contribution is -2.42. The molecule has 0 saturated carbocycles. The summed E-state index contributed by atoms with van der Waals surface area (Å²) >= 11 is 0. The van der Waals surface area contributed by atoms with Gasteiger partial charge in [-0.25, -0.2) is 4.39 Å². The summed E-state index contributed by atoms with van der Waals surface area (Å²) in [6, 6.07) is 5.32. The van der Waals surface area contributed by atoms with Gasteiger partial charge in [-0.15, -0.1) is 0 Å². The van der Waals surface area contributed by atoms with Crippen molar-refractivity contribution >= 4 is 5.69 Å². The number of piperidine rings is 1. The molecule has 0 unspecified atom stereocenters. The lowest BCUT2D eigenvalue weighted by atomic mass is 10.0. The van der Waals surface area contributed by atoms with E-state index in [4.69, 9.17) is 0 Å². The van der Waals surface area contributed by atoms with Gasteiger partial charge in [-0.1, -0.05) is 0 Å². The van der Waals surface area contributed by atoms with Crippen molar-refractivity contribution in [1.29, 1.82) is 0 Å². The standard InChI is InChI=1S/C15H23FN2O/c1-11(19)14-10-12(16)4-5-15(14)18-8-6-13(7-9-18)17(2)3/h4-5,10-11,13,19H,6-9H2,1-3H3/t11-/m0/s1. The molecule has 0 aliphatic carbocycles. The molecule has 1 heterocycles. The fourth-order valence-electron chi connectivity index (χ4n) is 2.77. The zero-order chi connectivity index (χ0) is 14.0. The molecule has 1 fully saturated rings. The van der Waals surface area contributed by atoms with Crippen molar-refractivity contribution in [3.63, 3.8) is 0 Å². The van der Waals surface area contributed by atoms with Crippen molar-refractivity contribution in [2.75, 3.05) is 32.1 Å². The lowest BCUT2D eigenvalue weighted by Gasteiger charge is -2.37. The number of hydrogen-bond acceptors (Lipinski definition) is 3. The third-order valence-corrected chi connectivity index (χ3v) is 3.98. The highest BCUT2D eigenvalue weighted by Gasteiger charge is 2.23. The molecule has 1 aromatic carbocycles. The van der Waals surface area contributed by atoms with Crippen LogP contribution in [-0.2, 0) is 0 Å². The van der Waals surface area contributed by atoms with Crippen LogP contribution in [0.25, 0.3) is 0 Å². The lowest BCUT2D eigenvalue weighted by molar-refractivity contribution is 0.198. The zero-order valence-electron chi connectivity index (χ0n) is 11.9. The molecule has 2 rings (SSSR count). The highest BCUT2D eigenvalue weighted by molar-refractivity contribution is 5.55. The summed E-state index contributed by atoms with van der Waals surface area (Å²) in [6.45, 7) is 3.59. The number of hydrogen-bond donors (Lipinski definition) is 1. The van der Waals surface area contributed by atoms with Gasteiger partial charge < -0.3 is 14.9 Å². The van der Waals surface area contributed by atoms with Crippen LogP contribution in [0.1, 0.15) is 31.4 Å². The van der Waals surface area contributed by atoms with Gasteiger partial charge in [-0.2, -0.15) is 0 Å². The summed E-state index contributed by atoms with van der Waals surface area (Å²) in [5.74, 6) is -0.289. The van der Waals surface area contributed by atoms with Crippen LogP contribution in [0.2, 0.25) is 0 Å². The van der Waals surface area contributed by atoms with Gasteiger partial charge in [0.05, 0.1) is 6.10 Å². The van der Waals surface area contributed by atoms with Crippen LogP contribution in [0.3, 0.4) is 0 Å². The van der Waals surface area contributed by atoms with Crippen molar-refractivity contribution < 1.29 is 9.50 Å². The second-order valence-corrected chi connectivity index (χ2v) is 5.56. The molecule has 1 saturated heterocycles. The van der Waals surface area contributed by atoms with Crippen LogP contribution in [0.15, 0.2) is 18.2 Å². The van der Waals surface area contributed by atoms with Crippen LogP contribution in [0, 0.1) is 5.82 Å². The zero-order valence-corrected chi connectivity index (χ0v) is 11.9. The number of rotatable bonds is 3. The van der Waals surface area contributed by atoms with E-state index in [9.17, 15) is 9.50 Å². The van der Waals surface area contributed by atoms with Gasteiger partial charge in [0.25, 0.3) is 0 Å². The third-order valence-electron chi connectivity index (χ3n) is 3.98. The Morgan fingerprint density at radius 1 is 1.32 bits per heavy atom. The summed E-state index contributed by atoms with van der Waals surface area (Å²) in [7, 11) is 4.22. The molecule has 19 heavy (non-hydrogen) atoms. The Morgan fingerprint density at radius 2 is 1.95 bits per heavy atom. The van der Waals surface area contributed by atoms with E-state index < -0.39 is 6.10 Å². The fourth-order valence-corrected chi connectivity index (χ4v) is 2.77. The van der Waals surface area contributed by atoms with Crippen LogP contribution >= 0.6 is 0 Å². The number of aliphatic hydroxyl groups excluding tert-OH is 1. The van der Waals surface area contributed by atoms with Crippen LogP contribution in [0.4, 0.5) is 10.1 Å². The van der Waals surface area contributed by atoms with Crippen LogP contribution in [-0.4, -0.2) is 43.2 Å². The highest BCUT2D eigenvalue weighted by atomic mass is 19.1. The Kier molecular flexibility index (Phi) is 4.42. The molecule has 1 aromatic rings. The van der Waals surface area contributed by atoms with Crippen molar-refractivity contribution in [1.82, 2.24) is 4.90 Å². The summed E-state index contributed by atoms with van der Waals surface area (Å²) < 4.78 is 13.3.